The molecular weight excluding hydrogens is 318 g/mol. The maximum Gasteiger partial charge on any atom is 0.287 e. The van der Waals surface area contributed by atoms with Crippen molar-refractivity contribution >= 4 is 11.8 Å². The minimum absolute atomic E-state index is 0.0481. The molecule has 0 saturated carbocycles. The quantitative estimate of drug-likeness (QED) is 0.928. The molecule has 0 aliphatic carbocycles. The van der Waals surface area contributed by atoms with E-state index in [1.165, 1.54) is 6.26 Å². The fourth-order valence-electron chi connectivity index (χ4n) is 3.49. The van der Waals surface area contributed by atoms with Crippen molar-refractivity contribution < 1.29 is 14.0 Å². The first-order valence-electron chi connectivity index (χ1n) is 8.84. The highest BCUT2D eigenvalue weighted by atomic mass is 16.3. The number of furan rings is 1. The summed E-state index contributed by atoms with van der Waals surface area (Å²) in [7, 11) is 2.00. The monoisotopic (exact) mass is 343 g/mol. The van der Waals surface area contributed by atoms with E-state index in [0.717, 1.165) is 37.9 Å². The smallest absolute Gasteiger partial charge is 0.287 e. The molecule has 0 bridgehead atoms. The molecule has 2 amide bonds. The molecule has 2 unspecified atom stereocenters. The van der Waals surface area contributed by atoms with E-state index in [4.69, 9.17) is 4.42 Å². The molecule has 1 aliphatic heterocycles. The van der Waals surface area contributed by atoms with Gasteiger partial charge in [0, 0.05) is 25.5 Å². The van der Waals surface area contributed by atoms with Gasteiger partial charge in [0.2, 0.25) is 5.91 Å². The average Bonchev–Trinajstić information content (AvgIpc) is 3.21. The summed E-state index contributed by atoms with van der Waals surface area (Å²) in [6, 6.07) is 6.77. The zero-order chi connectivity index (χ0) is 17.8. The van der Waals surface area contributed by atoms with E-state index in [0.29, 0.717) is 0 Å². The molecule has 3 rings (SSSR count). The lowest BCUT2D eigenvalue weighted by Crippen LogP contribution is -2.48. The Labute approximate surface area is 147 Å². The fraction of sp³-hybridized carbons (Fsp3) is 0.474. The molecule has 2 atom stereocenters. The van der Waals surface area contributed by atoms with Crippen molar-refractivity contribution in [1.29, 1.82) is 0 Å². The third-order valence-corrected chi connectivity index (χ3v) is 4.82. The number of aromatic nitrogens is 1. The fourth-order valence-corrected chi connectivity index (χ4v) is 3.49. The predicted molar refractivity (Wildman–Crippen MR) is 94.0 cm³/mol. The van der Waals surface area contributed by atoms with Gasteiger partial charge in [-0.2, -0.15) is 0 Å². The molecule has 1 N–H and O–H groups in total. The number of carbonyl (C=O) groups is 2. The van der Waals surface area contributed by atoms with Gasteiger partial charge < -0.3 is 19.2 Å². The maximum atomic E-state index is 13.0. The molecule has 1 aliphatic rings. The zero-order valence-electron chi connectivity index (χ0n) is 14.8. The molecule has 1 fully saturated rings. The molecule has 0 radical (unpaired) electrons. The Kier molecular flexibility index (Phi) is 5.26. The summed E-state index contributed by atoms with van der Waals surface area (Å²) in [6.07, 6.45) is 7.62. The van der Waals surface area contributed by atoms with Gasteiger partial charge in [-0.1, -0.05) is 12.8 Å². The van der Waals surface area contributed by atoms with Crippen LogP contribution in [-0.2, 0) is 11.8 Å². The Hall–Kier alpha value is -2.50. The standard InChI is InChI=1S/C19H25N3O3/c1-14(20-18(23)17-10-7-13-25-17)19(24)22-12-5-3-4-8-16(22)15-9-6-11-21(15)2/h6-7,9-11,13-14,16H,3-5,8,12H2,1-2H3,(H,20,23). The summed E-state index contributed by atoms with van der Waals surface area (Å²) in [4.78, 5) is 27.1. The Morgan fingerprint density at radius 3 is 2.76 bits per heavy atom. The predicted octanol–water partition coefficient (Wildman–Crippen LogP) is 2.88. The van der Waals surface area contributed by atoms with Crippen LogP contribution in [0.25, 0.3) is 0 Å². The molecule has 6 nitrogen and oxygen atoms in total. The summed E-state index contributed by atoms with van der Waals surface area (Å²) in [5, 5.41) is 2.75. The van der Waals surface area contributed by atoms with Gasteiger partial charge >= 0.3 is 0 Å². The van der Waals surface area contributed by atoms with Crippen LogP contribution in [0.4, 0.5) is 0 Å². The van der Waals surface area contributed by atoms with E-state index in [9.17, 15) is 9.59 Å². The van der Waals surface area contributed by atoms with E-state index < -0.39 is 6.04 Å². The molecule has 2 aromatic rings. The highest BCUT2D eigenvalue weighted by Gasteiger charge is 2.31. The first-order valence-corrected chi connectivity index (χ1v) is 8.84. The Morgan fingerprint density at radius 2 is 2.08 bits per heavy atom. The molecule has 0 spiro atoms. The van der Waals surface area contributed by atoms with Crippen molar-refractivity contribution in [2.75, 3.05) is 6.54 Å². The van der Waals surface area contributed by atoms with Gasteiger partial charge in [0.05, 0.1) is 12.3 Å². The molecule has 3 heterocycles. The van der Waals surface area contributed by atoms with Gasteiger partial charge in [0.25, 0.3) is 5.91 Å². The molecule has 2 aromatic heterocycles. The van der Waals surface area contributed by atoms with E-state index in [-0.39, 0.29) is 23.6 Å². The SMILES string of the molecule is CC(NC(=O)c1ccco1)C(=O)N1CCCCCC1c1cccn1C. The lowest BCUT2D eigenvalue weighted by Gasteiger charge is -2.32. The van der Waals surface area contributed by atoms with Crippen LogP contribution in [0, 0.1) is 0 Å². The Balaban J connectivity index is 1.75. The third-order valence-electron chi connectivity index (χ3n) is 4.82. The normalized spacial score (nSPS) is 19.3. The van der Waals surface area contributed by atoms with Crippen molar-refractivity contribution in [3.05, 3.63) is 48.2 Å². The number of hydrogen-bond acceptors (Lipinski definition) is 3. The lowest BCUT2D eigenvalue weighted by atomic mass is 10.1. The first kappa shape index (κ1) is 17.3. The van der Waals surface area contributed by atoms with E-state index in [2.05, 4.69) is 16.0 Å². The molecule has 0 aromatic carbocycles. The van der Waals surface area contributed by atoms with Crippen LogP contribution in [0.1, 0.15) is 54.9 Å². The summed E-state index contributed by atoms with van der Waals surface area (Å²) < 4.78 is 7.17. The second kappa shape index (κ2) is 7.59. The van der Waals surface area contributed by atoms with Crippen LogP contribution in [0.3, 0.4) is 0 Å². The van der Waals surface area contributed by atoms with Gasteiger partial charge in [-0.3, -0.25) is 9.59 Å². The number of rotatable bonds is 4. The maximum absolute atomic E-state index is 13.0. The van der Waals surface area contributed by atoms with E-state index in [1.54, 1.807) is 19.1 Å². The van der Waals surface area contributed by atoms with Crippen LogP contribution in [0.15, 0.2) is 41.1 Å². The molecule has 1 saturated heterocycles. The number of carbonyl (C=O) groups excluding carboxylic acids is 2. The zero-order valence-corrected chi connectivity index (χ0v) is 14.8. The van der Waals surface area contributed by atoms with Crippen LogP contribution in [-0.4, -0.2) is 33.9 Å². The summed E-state index contributed by atoms with van der Waals surface area (Å²) in [6.45, 7) is 2.45. The first-order chi connectivity index (χ1) is 12.1. The molecule has 6 heteroatoms. The number of nitrogens with one attached hydrogen (secondary N) is 1. The van der Waals surface area contributed by atoms with Gasteiger partial charge in [-0.25, -0.2) is 0 Å². The minimum atomic E-state index is -0.599. The Morgan fingerprint density at radius 1 is 1.24 bits per heavy atom. The van der Waals surface area contributed by atoms with Gasteiger partial charge in [-0.05, 0) is 44.0 Å². The summed E-state index contributed by atoms with van der Waals surface area (Å²) in [5.41, 5.74) is 1.14. The van der Waals surface area contributed by atoms with Gasteiger partial charge in [0.15, 0.2) is 5.76 Å². The van der Waals surface area contributed by atoms with Crippen molar-refractivity contribution in [1.82, 2.24) is 14.8 Å². The van der Waals surface area contributed by atoms with Crippen molar-refractivity contribution in [3.63, 3.8) is 0 Å². The molecular formula is C19H25N3O3. The summed E-state index contributed by atoms with van der Waals surface area (Å²) in [5.74, 6) is -0.196. The van der Waals surface area contributed by atoms with Gasteiger partial charge in [-0.15, -0.1) is 0 Å². The van der Waals surface area contributed by atoms with Crippen molar-refractivity contribution in [3.8, 4) is 0 Å². The van der Waals surface area contributed by atoms with E-state index in [1.807, 2.05) is 24.2 Å². The number of aryl methyl sites for hydroxylation is 1. The number of nitrogens with zero attached hydrogens (tertiary/aromatic N) is 2. The minimum Gasteiger partial charge on any atom is -0.459 e. The third kappa shape index (κ3) is 3.78. The topological polar surface area (TPSA) is 67.5 Å². The van der Waals surface area contributed by atoms with Crippen LogP contribution < -0.4 is 5.32 Å². The second-order valence-corrected chi connectivity index (χ2v) is 6.61. The van der Waals surface area contributed by atoms with Crippen LogP contribution >= 0.6 is 0 Å². The molecule has 25 heavy (non-hydrogen) atoms. The highest BCUT2D eigenvalue weighted by Crippen LogP contribution is 2.30. The van der Waals surface area contributed by atoms with Crippen LogP contribution in [0.5, 0.6) is 0 Å². The number of amides is 2. The lowest BCUT2D eigenvalue weighted by molar-refractivity contribution is -0.135. The number of likely N-dealkylation sites (tertiary alicyclic amines) is 1. The Bertz CT molecular complexity index is 720. The number of hydrogen-bond donors (Lipinski definition) is 1. The highest BCUT2D eigenvalue weighted by molar-refractivity contribution is 5.95. The van der Waals surface area contributed by atoms with E-state index >= 15 is 0 Å². The average molecular weight is 343 g/mol. The van der Waals surface area contributed by atoms with Crippen LogP contribution in [0.2, 0.25) is 0 Å². The summed E-state index contributed by atoms with van der Waals surface area (Å²) >= 11 is 0. The van der Waals surface area contributed by atoms with Gasteiger partial charge in [0.1, 0.15) is 6.04 Å². The van der Waals surface area contributed by atoms with Crippen molar-refractivity contribution in [2.45, 2.75) is 44.7 Å². The second-order valence-electron chi connectivity index (χ2n) is 6.61. The molecule has 134 valence electrons. The van der Waals surface area contributed by atoms with Crippen molar-refractivity contribution in [2.24, 2.45) is 7.05 Å². The largest absolute Gasteiger partial charge is 0.459 e.